The van der Waals surface area contributed by atoms with Crippen molar-refractivity contribution in [2.45, 2.75) is 78.7 Å². The SMILES string of the molecule is O=C(O)[C@H]1CC[C@H](C(=O)N2CC[C@]3(S(=O)(=O)c4ccccc4)c4ccc(C(F)(C(F)(F)F)C(F)(F)F)cc4CC[C@H]23)CC1. The lowest BCUT2D eigenvalue weighted by molar-refractivity contribution is -0.348. The van der Waals surface area contributed by atoms with Crippen LogP contribution in [0.5, 0.6) is 0 Å². The molecule has 1 saturated heterocycles. The molecule has 0 radical (unpaired) electrons. The van der Waals surface area contributed by atoms with Crippen molar-refractivity contribution in [1.29, 1.82) is 0 Å². The molecule has 3 aliphatic rings. The summed E-state index contributed by atoms with van der Waals surface area (Å²) in [6.45, 7) is -0.0479. The van der Waals surface area contributed by atoms with E-state index in [9.17, 15) is 53.8 Å². The Balaban J connectivity index is 1.61. The molecule has 14 heteroatoms. The Labute approximate surface area is 242 Å². The molecule has 2 atom stereocenters. The smallest absolute Gasteiger partial charge is 0.435 e. The maximum atomic E-state index is 15.0. The average molecular weight is 636 g/mol. The Morgan fingerprint density at radius 1 is 0.837 bits per heavy atom. The molecule has 234 valence electrons. The number of halogens is 7. The molecule has 6 nitrogen and oxygen atoms in total. The van der Waals surface area contributed by atoms with Gasteiger partial charge in [-0.05, 0) is 68.2 Å². The van der Waals surface area contributed by atoms with E-state index in [-0.39, 0.29) is 73.4 Å². The monoisotopic (exact) mass is 635 g/mol. The predicted octanol–water partition coefficient (Wildman–Crippen LogP) is 6.08. The number of fused-ring (bicyclic) bond motifs is 3. The summed E-state index contributed by atoms with van der Waals surface area (Å²) in [5, 5.41) is 9.30. The molecule has 1 aliphatic heterocycles. The third-order valence-corrected chi connectivity index (χ3v) is 11.9. The Morgan fingerprint density at radius 2 is 1.42 bits per heavy atom. The largest absolute Gasteiger partial charge is 0.481 e. The molecule has 1 N–H and O–H groups in total. The highest BCUT2D eigenvalue weighted by Crippen LogP contribution is 2.57. The number of carbonyl (C=O) groups excluding carboxylic acids is 1. The molecule has 2 fully saturated rings. The molecule has 1 amide bonds. The minimum absolute atomic E-state index is 0.0479. The van der Waals surface area contributed by atoms with E-state index in [1.165, 1.54) is 29.2 Å². The van der Waals surface area contributed by atoms with Crippen LogP contribution in [0.4, 0.5) is 30.7 Å². The summed E-state index contributed by atoms with van der Waals surface area (Å²) in [6, 6.07) is 7.76. The number of amides is 1. The number of rotatable bonds is 5. The van der Waals surface area contributed by atoms with Crippen LogP contribution in [0.2, 0.25) is 0 Å². The van der Waals surface area contributed by atoms with Gasteiger partial charge in [-0.2, -0.15) is 26.3 Å². The zero-order chi connectivity index (χ0) is 31.6. The van der Waals surface area contributed by atoms with Gasteiger partial charge in [-0.25, -0.2) is 12.8 Å². The van der Waals surface area contributed by atoms with E-state index < -0.39 is 62.0 Å². The second kappa shape index (κ2) is 10.5. The minimum atomic E-state index is -6.33. The minimum Gasteiger partial charge on any atom is -0.481 e. The van der Waals surface area contributed by atoms with Crippen LogP contribution in [0, 0.1) is 11.8 Å². The molecule has 2 aliphatic carbocycles. The number of carboxylic acid groups (broad SMARTS) is 1. The molecule has 0 bridgehead atoms. The number of aliphatic carboxylic acids is 1. The van der Waals surface area contributed by atoms with Gasteiger partial charge in [0.15, 0.2) is 9.84 Å². The van der Waals surface area contributed by atoms with Gasteiger partial charge in [0.25, 0.3) is 0 Å². The van der Waals surface area contributed by atoms with Crippen LogP contribution in [0.1, 0.15) is 55.2 Å². The second-order valence-corrected chi connectivity index (χ2v) is 13.7. The van der Waals surface area contributed by atoms with Crippen LogP contribution in [-0.4, -0.2) is 55.2 Å². The van der Waals surface area contributed by atoms with Crippen LogP contribution < -0.4 is 0 Å². The van der Waals surface area contributed by atoms with E-state index in [1.807, 2.05) is 0 Å². The van der Waals surface area contributed by atoms with Crippen molar-refractivity contribution in [1.82, 2.24) is 4.90 Å². The first-order valence-corrected chi connectivity index (χ1v) is 15.2. The Kier molecular flexibility index (Phi) is 7.62. The fourth-order valence-electron chi connectivity index (χ4n) is 7.13. The highest BCUT2D eigenvalue weighted by Gasteiger charge is 2.74. The van der Waals surface area contributed by atoms with Crippen LogP contribution in [0.25, 0.3) is 0 Å². The number of hydrogen-bond acceptors (Lipinski definition) is 4. The summed E-state index contributed by atoms with van der Waals surface area (Å²) in [6.07, 6.45) is -12.0. The van der Waals surface area contributed by atoms with Crippen LogP contribution in [-0.2, 0) is 36.3 Å². The third kappa shape index (κ3) is 4.71. The van der Waals surface area contributed by atoms with E-state index >= 15 is 0 Å². The number of nitrogens with zero attached hydrogens (tertiary/aromatic N) is 1. The number of carboxylic acids is 1. The van der Waals surface area contributed by atoms with Crippen molar-refractivity contribution in [3.05, 3.63) is 65.2 Å². The maximum Gasteiger partial charge on any atom is 0.435 e. The standard InChI is InChI=1S/C29H28F7NO5S/c30-27(28(31,32)33,29(34,35)36)20-11-12-22-19(16-20)10-13-23-26(22,43(41,42)21-4-2-1-3-5-21)14-15-37(23)24(38)17-6-8-18(9-7-17)25(39)40/h1-5,11-12,16-18,23H,6-10,13-15H2,(H,39,40)/t17-,18-,23-,26-/m0/s1. The molecule has 0 spiro atoms. The summed E-state index contributed by atoms with van der Waals surface area (Å²) in [7, 11) is -4.41. The molecule has 0 unspecified atom stereocenters. The lowest BCUT2D eigenvalue weighted by atomic mass is 9.76. The number of carbonyl (C=O) groups is 2. The van der Waals surface area contributed by atoms with Gasteiger partial charge >= 0.3 is 24.0 Å². The van der Waals surface area contributed by atoms with Gasteiger partial charge in [-0.3, -0.25) is 9.59 Å². The van der Waals surface area contributed by atoms with E-state index in [0.717, 1.165) is 6.07 Å². The van der Waals surface area contributed by atoms with Gasteiger partial charge in [-0.15, -0.1) is 0 Å². The van der Waals surface area contributed by atoms with Gasteiger partial charge in [0, 0.05) is 18.0 Å². The molecule has 43 heavy (non-hydrogen) atoms. The molecule has 2 aromatic carbocycles. The summed E-state index contributed by atoms with van der Waals surface area (Å²) in [5.74, 6) is -2.47. The fraction of sp³-hybridized carbons (Fsp3) is 0.517. The lowest BCUT2D eigenvalue weighted by Gasteiger charge is -2.44. The highest BCUT2D eigenvalue weighted by molar-refractivity contribution is 7.92. The Morgan fingerprint density at radius 3 is 1.98 bits per heavy atom. The number of hydrogen-bond donors (Lipinski definition) is 1. The van der Waals surface area contributed by atoms with Crippen molar-refractivity contribution in [2.75, 3.05) is 6.54 Å². The highest BCUT2D eigenvalue weighted by atomic mass is 32.2. The molecular weight excluding hydrogens is 607 g/mol. The fourth-order valence-corrected chi connectivity index (χ4v) is 9.51. The summed E-state index contributed by atoms with van der Waals surface area (Å²) in [4.78, 5) is 26.4. The van der Waals surface area contributed by atoms with Gasteiger partial charge < -0.3 is 10.0 Å². The van der Waals surface area contributed by atoms with Gasteiger partial charge in [0.05, 0.1) is 16.9 Å². The van der Waals surface area contributed by atoms with Crippen molar-refractivity contribution in [2.24, 2.45) is 11.8 Å². The van der Waals surface area contributed by atoms with E-state index in [1.54, 1.807) is 6.07 Å². The molecule has 0 aromatic heterocycles. The van der Waals surface area contributed by atoms with Gasteiger partial charge in [0.2, 0.25) is 5.91 Å². The molecule has 1 heterocycles. The number of aryl methyl sites for hydroxylation is 1. The summed E-state index contributed by atoms with van der Waals surface area (Å²) >= 11 is 0. The van der Waals surface area contributed by atoms with E-state index in [0.29, 0.717) is 12.1 Å². The van der Waals surface area contributed by atoms with E-state index in [4.69, 9.17) is 0 Å². The van der Waals surface area contributed by atoms with Crippen LogP contribution in [0.15, 0.2) is 53.4 Å². The zero-order valence-corrected chi connectivity index (χ0v) is 23.4. The topological polar surface area (TPSA) is 91.8 Å². The second-order valence-electron chi connectivity index (χ2n) is 11.5. The molecule has 2 aromatic rings. The van der Waals surface area contributed by atoms with Crippen molar-refractivity contribution in [3.8, 4) is 0 Å². The van der Waals surface area contributed by atoms with Crippen LogP contribution >= 0.6 is 0 Å². The quantitative estimate of drug-likeness (QED) is 0.402. The normalized spacial score (nSPS) is 26.5. The Bertz CT molecular complexity index is 1500. The molecule has 5 rings (SSSR count). The predicted molar refractivity (Wildman–Crippen MR) is 138 cm³/mol. The first kappa shape index (κ1) is 31.3. The van der Waals surface area contributed by atoms with Crippen molar-refractivity contribution >= 4 is 21.7 Å². The average Bonchev–Trinajstić information content (AvgIpc) is 3.37. The van der Waals surface area contributed by atoms with Crippen LogP contribution in [0.3, 0.4) is 0 Å². The zero-order valence-electron chi connectivity index (χ0n) is 22.6. The Hall–Kier alpha value is -3.16. The molecule has 1 saturated carbocycles. The van der Waals surface area contributed by atoms with Gasteiger partial charge in [-0.1, -0.05) is 36.4 Å². The molecular formula is C29H28F7NO5S. The lowest BCUT2D eigenvalue weighted by Crippen LogP contribution is -2.53. The van der Waals surface area contributed by atoms with Crippen molar-refractivity contribution < 1.29 is 53.8 Å². The summed E-state index contributed by atoms with van der Waals surface area (Å²) in [5.41, 5.74) is -7.60. The number of sulfone groups is 1. The summed E-state index contributed by atoms with van der Waals surface area (Å²) < 4.78 is 123. The van der Waals surface area contributed by atoms with Gasteiger partial charge in [0.1, 0.15) is 4.75 Å². The third-order valence-electron chi connectivity index (χ3n) is 9.31. The number of likely N-dealkylation sites (tertiary alicyclic amines) is 1. The van der Waals surface area contributed by atoms with Crippen molar-refractivity contribution in [3.63, 3.8) is 0 Å². The first-order chi connectivity index (χ1) is 20.0. The first-order valence-electron chi connectivity index (χ1n) is 13.8. The maximum absolute atomic E-state index is 15.0. The number of benzene rings is 2. The van der Waals surface area contributed by atoms with E-state index in [2.05, 4.69) is 0 Å². The number of alkyl halides is 7.